The molecule has 3 aliphatic rings. The Morgan fingerprint density at radius 2 is 1.10 bits per heavy atom. The first-order chi connectivity index (χ1) is 20.1. The van der Waals surface area contributed by atoms with E-state index in [0.717, 1.165) is 45.3 Å². The van der Waals surface area contributed by atoms with Gasteiger partial charge in [0.25, 0.3) is 0 Å². The van der Waals surface area contributed by atoms with Crippen LogP contribution in [0.4, 0.5) is 0 Å². The molecule has 41 heavy (non-hydrogen) atoms. The molecule has 0 N–H and O–H groups in total. The van der Waals surface area contributed by atoms with Gasteiger partial charge < -0.3 is 18.9 Å². The number of hydrogen-bond donors (Lipinski definition) is 0. The second kappa shape index (κ2) is 20.7. The average Bonchev–Trinajstić information content (AvgIpc) is 3.90. The first kappa shape index (κ1) is 34.4. The lowest BCUT2D eigenvalue weighted by Crippen LogP contribution is -2.41. The third-order valence-corrected chi connectivity index (χ3v) is 9.68. The number of hydrogen-bond acceptors (Lipinski definition) is 6. The first-order valence-electron chi connectivity index (χ1n) is 17.7. The van der Waals surface area contributed by atoms with Crippen LogP contribution in [0.2, 0.25) is 0 Å². The fourth-order valence-electron chi connectivity index (χ4n) is 6.99. The van der Waals surface area contributed by atoms with E-state index >= 15 is 0 Å². The van der Waals surface area contributed by atoms with Gasteiger partial charge in [-0.05, 0) is 49.9 Å². The molecule has 2 aliphatic heterocycles. The van der Waals surface area contributed by atoms with Crippen LogP contribution in [0.1, 0.15) is 149 Å². The van der Waals surface area contributed by atoms with Crippen molar-refractivity contribution < 1.29 is 28.5 Å². The molecule has 0 aromatic rings. The Bertz CT molecular complexity index is 703. The van der Waals surface area contributed by atoms with E-state index < -0.39 is 0 Å². The molecule has 6 nitrogen and oxygen atoms in total. The van der Waals surface area contributed by atoms with Crippen LogP contribution in [0.15, 0.2) is 0 Å². The molecule has 0 aromatic heterocycles. The number of carbonyl (C=O) groups excluding carboxylic acids is 2. The van der Waals surface area contributed by atoms with Gasteiger partial charge in [0, 0.05) is 6.42 Å². The molecule has 0 amide bonds. The van der Waals surface area contributed by atoms with Crippen molar-refractivity contribution in [1.29, 1.82) is 0 Å². The van der Waals surface area contributed by atoms with Gasteiger partial charge in [0.2, 0.25) is 0 Å². The summed E-state index contributed by atoms with van der Waals surface area (Å²) in [5.74, 6) is 1.61. The lowest BCUT2D eigenvalue weighted by atomic mass is 9.62. The van der Waals surface area contributed by atoms with Gasteiger partial charge >= 0.3 is 11.9 Å². The summed E-state index contributed by atoms with van der Waals surface area (Å²) >= 11 is 0. The van der Waals surface area contributed by atoms with Crippen molar-refractivity contribution in [2.75, 3.05) is 26.4 Å². The molecular weight excluding hydrogens is 516 g/mol. The van der Waals surface area contributed by atoms with Gasteiger partial charge in [0.15, 0.2) is 0 Å². The van der Waals surface area contributed by atoms with E-state index in [4.69, 9.17) is 18.9 Å². The normalized spacial score (nSPS) is 27.0. The zero-order chi connectivity index (χ0) is 29.1. The highest BCUT2D eigenvalue weighted by Crippen LogP contribution is 2.46. The maximum absolute atomic E-state index is 13.7. The van der Waals surface area contributed by atoms with Crippen molar-refractivity contribution in [2.24, 2.45) is 23.7 Å². The lowest BCUT2D eigenvalue weighted by molar-refractivity contribution is -0.157. The summed E-state index contributed by atoms with van der Waals surface area (Å²) in [5, 5.41) is 0. The number of rotatable bonds is 25. The number of carbonyl (C=O) groups is 2. The number of unbranched alkanes of at least 4 members (excludes halogenated alkanes) is 12. The highest BCUT2D eigenvalue weighted by atomic mass is 16.6. The molecule has 3 fully saturated rings. The molecule has 3 rings (SSSR count). The van der Waals surface area contributed by atoms with Crippen LogP contribution >= 0.6 is 0 Å². The van der Waals surface area contributed by atoms with Gasteiger partial charge in [-0.1, -0.05) is 110 Å². The van der Waals surface area contributed by atoms with Crippen molar-refractivity contribution >= 4 is 11.9 Å². The molecule has 1 aliphatic carbocycles. The third-order valence-electron chi connectivity index (χ3n) is 9.68. The highest BCUT2D eigenvalue weighted by Gasteiger charge is 2.43. The van der Waals surface area contributed by atoms with Crippen LogP contribution < -0.4 is 0 Å². The van der Waals surface area contributed by atoms with Gasteiger partial charge in [-0.15, -0.1) is 0 Å². The molecule has 0 spiro atoms. The summed E-state index contributed by atoms with van der Waals surface area (Å²) in [6, 6.07) is 0. The van der Waals surface area contributed by atoms with E-state index in [-0.39, 0.29) is 30.1 Å². The van der Waals surface area contributed by atoms with Crippen molar-refractivity contribution in [3.05, 3.63) is 0 Å². The van der Waals surface area contributed by atoms with Crippen molar-refractivity contribution in [2.45, 2.75) is 161 Å². The quantitative estimate of drug-likeness (QED) is 0.0613. The average molecular weight is 579 g/mol. The Hall–Kier alpha value is -1.14. The van der Waals surface area contributed by atoms with E-state index in [2.05, 4.69) is 13.8 Å². The predicted octanol–water partition coefficient (Wildman–Crippen LogP) is 8.58. The van der Waals surface area contributed by atoms with Crippen molar-refractivity contribution in [3.8, 4) is 0 Å². The zero-order valence-electron chi connectivity index (χ0n) is 26.6. The summed E-state index contributed by atoms with van der Waals surface area (Å²) in [6.07, 6.45) is 25.3. The molecule has 2 heterocycles. The lowest BCUT2D eigenvalue weighted by Gasteiger charge is -2.42. The van der Waals surface area contributed by atoms with E-state index in [9.17, 15) is 9.59 Å². The minimum absolute atomic E-state index is 0.0551. The summed E-state index contributed by atoms with van der Waals surface area (Å²) in [5.41, 5.74) is 0. The van der Waals surface area contributed by atoms with Crippen LogP contribution in [0, 0.1) is 23.7 Å². The maximum Gasteiger partial charge on any atom is 0.309 e. The highest BCUT2D eigenvalue weighted by molar-refractivity contribution is 5.73. The molecular formula is C35H62O6. The number of ether oxygens (including phenoxy) is 4. The first-order valence-corrected chi connectivity index (χ1v) is 17.7. The van der Waals surface area contributed by atoms with E-state index in [0.29, 0.717) is 37.4 Å². The van der Waals surface area contributed by atoms with Crippen LogP contribution in [-0.4, -0.2) is 50.6 Å². The molecule has 0 aromatic carbocycles. The van der Waals surface area contributed by atoms with Crippen LogP contribution in [0.3, 0.4) is 0 Å². The molecule has 1 saturated carbocycles. The van der Waals surface area contributed by atoms with Crippen molar-refractivity contribution in [1.82, 2.24) is 0 Å². The second-order valence-electron chi connectivity index (χ2n) is 13.2. The largest absolute Gasteiger partial charge is 0.463 e. The number of esters is 2. The van der Waals surface area contributed by atoms with E-state index in [1.54, 1.807) is 0 Å². The molecule has 6 heteroatoms. The fourth-order valence-corrected chi connectivity index (χ4v) is 6.99. The van der Waals surface area contributed by atoms with Gasteiger partial charge in [-0.25, -0.2) is 0 Å². The molecule has 0 bridgehead atoms. The molecule has 6 unspecified atom stereocenters. The SMILES string of the molecule is CCCCCCCCC1C(CCCCCC)CCC(CCCCCCCC(=O)OCC2CO2)C1C(=O)OCC1CO1. The van der Waals surface area contributed by atoms with Gasteiger partial charge in [0.05, 0.1) is 19.1 Å². The summed E-state index contributed by atoms with van der Waals surface area (Å²) in [6.45, 7) is 6.86. The van der Waals surface area contributed by atoms with Crippen LogP contribution in [0.25, 0.3) is 0 Å². The Morgan fingerprint density at radius 3 is 1.73 bits per heavy atom. The minimum atomic E-state index is -0.0960. The predicted molar refractivity (Wildman–Crippen MR) is 164 cm³/mol. The van der Waals surface area contributed by atoms with Gasteiger partial charge in [0.1, 0.15) is 25.4 Å². The fraction of sp³-hybridized carbons (Fsp3) is 0.943. The van der Waals surface area contributed by atoms with Crippen LogP contribution in [0.5, 0.6) is 0 Å². The topological polar surface area (TPSA) is 77.7 Å². The van der Waals surface area contributed by atoms with Gasteiger partial charge in [-0.3, -0.25) is 9.59 Å². The third kappa shape index (κ3) is 14.7. The summed E-state index contributed by atoms with van der Waals surface area (Å²) in [4.78, 5) is 25.5. The van der Waals surface area contributed by atoms with Crippen molar-refractivity contribution in [3.63, 3.8) is 0 Å². The monoisotopic (exact) mass is 578 g/mol. The van der Waals surface area contributed by atoms with E-state index in [1.165, 1.54) is 96.3 Å². The second-order valence-corrected chi connectivity index (χ2v) is 13.2. The number of epoxide rings is 2. The molecule has 2 saturated heterocycles. The summed E-state index contributed by atoms with van der Waals surface area (Å²) in [7, 11) is 0. The van der Waals surface area contributed by atoms with Crippen LogP contribution in [-0.2, 0) is 28.5 Å². The smallest absolute Gasteiger partial charge is 0.309 e. The molecule has 6 atom stereocenters. The Balaban J connectivity index is 1.47. The maximum atomic E-state index is 13.7. The summed E-state index contributed by atoms with van der Waals surface area (Å²) < 4.78 is 21.6. The molecule has 0 radical (unpaired) electrons. The Morgan fingerprint density at radius 1 is 0.610 bits per heavy atom. The van der Waals surface area contributed by atoms with Gasteiger partial charge in [-0.2, -0.15) is 0 Å². The Labute approximate surface area is 251 Å². The Kier molecular flexibility index (Phi) is 17.4. The zero-order valence-corrected chi connectivity index (χ0v) is 26.6. The van der Waals surface area contributed by atoms with E-state index in [1.807, 2.05) is 0 Å². The minimum Gasteiger partial charge on any atom is -0.463 e. The molecule has 238 valence electrons. The standard InChI is InChI=1S/C35H62O6/c1-3-5-7-9-12-16-20-32-28(18-14-8-6-4-2)22-23-29(34(32)35(37)41-27-31-25-39-31)19-15-11-10-13-17-21-33(36)40-26-30-24-38-30/h28-32,34H,3-27H2,1-2H3.